The number of rotatable bonds is 4. The van der Waals surface area contributed by atoms with E-state index in [0.29, 0.717) is 17.9 Å². The van der Waals surface area contributed by atoms with Gasteiger partial charge in [-0.15, -0.1) is 0 Å². The van der Waals surface area contributed by atoms with Gasteiger partial charge in [-0.2, -0.15) is 0 Å². The molecule has 3 nitrogen and oxygen atoms in total. The predicted octanol–water partition coefficient (Wildman–Crippen LogP) is 2.87. The molecule has 1 amide bonds. The minimum absolute atomic E-state index is 0.0530. The molecule has 0 radical (unpaired) electrons. The number of hydrogen-bond acceptors (Lipinski definition) is 2. The molecular weight excluding hydrogens is 226 g/mol. The molecule has 0 spiro atoms. The highest BCUT2D eigenvalue weighted by Crippen LogP contribution is 2.40. The summed E-state index contributed by atoms with van der Waals surface area (Å²) in [7, 11) is 1.79. The standard InChI is InChI=1S/C15H27NO2/c1-18-13-9-7-12(8-10-13)14(15(16)17)11-5-3-2-4-6-11/h11-14H,2-10H2,1H3,(H2,16,17). The second-order valence-corrected chi connectivity index (χ2v) is 6.10. The van der Waals surface area contributed by atoms with Crippen molar-refractivity contribution in [3.8, 4) is 0 Å². The van der Waals surface area contributed by atoms with Gasteiger partial charge < -0.3 is 10.5 Å². The lowest BCUT2D eigenvalue weighted by atomic mass is 9.69. The Bertz CT molecular complexity index is 266. The van der Waals surface area contributed by atoms with Gasteiger partial charge in [-0.1, -0.05) is 19.3 Å². The molecule has 18 heavy (non-hydrogen) atoms. The highest BCUT2D eigenvalue weighted by atomic mass is 16.5. The van der Waals surface area contributed by atoms with Crippen LogP contribution in [0.5, 0.6) is 0 Å². The highest BCUT2D eigenvalue weighted by molar-refractivity contribution is 5.77. The fraction of sp³-hybridized carbons (Fsp3) is 0.933. The molecule has 0 heterocycles. The molecule has 2 N–H and O–H groups in total. The first kappa shape index (κ1) is 13.9. The molecule has 104 valence electrons. The van der Waals surface area contributed by atoms with Crippen LogP contribution in [0.4, 0.5) is 0 Å². The van der Waals surface area contributed by atoms with Gasteiger partial charge in [0.1, 0.15) is 0 Å². The van der Waals surface area contributed by atoms with Crippen molar-refractivity contribution in [2.75, 3.05) is 7.11 Å². The van der Waals surface area contributed by atoms with E-state index in [1.54, 1.807) is 7.11 Å². The summed E-state index contributed by atoms with van der Waals surface area (Å²) in [5.74, 6) is 1.14. The van der Waals surface area contributed by atoms with Crippen LogP contribution in [-0.2, 0) is 9.53 Å². The first-order valence-electron chi connectivity index (χ1n) is 7.54. The van der Waals surface area contributed by atoms with E-state index >= 15 is 0 Å². The summed E-state index contributed by atoms with van der Waals surface area (Å²) in [5, 5.41) is 0. The van der Waals surface area contributed by atoms with Crippen molar-refractivity contribution in [3.05, 3.63) is 0 Å². The molecule has 0 saturated heterocycles. The summed E-state index contributed by atoms with van der Waals surface area (Å²) in [6, 6.07) is 0. The van der Waals surface area contributed by atoms with Gasteiger partial charge in [-0.3, -0.25) is 4.79 Å². The Hall–Kier alpha value is -0.570. The Morgan fingerprint density at radius 1 is 1.00 bits per heavy atom. The number of methoxy groups -OCH3 is 1. The van der Waals surface area contributed by atoms with E-state index in [-0.39, 0.29) is 11.8 Å². The molecule has 2 aliphatic carbocycles. The molecule has 2 rings (SSSR count). The van der Waals surface area contributed by atoms with E-state index in [2.05, 4.69) is 0 Å². The van der Waals surface area contributed by atoms with E-state index in [1.165, 1.54) is 32.1 Å². The van der Waals surface area contributed by atoms with Crippen LogP contribution in [-0.4, -0.2) is 19.1 Å². The summed E-state index contributed by atoms with van der Waals surface area (Å²) < 4.78 is 5.41. The Morgan fingerprint density at radius 2 is 1.56 bits per heavy atom. The van der Waals surface area contributed by atoms with Crippen LogP contribution in [0.2, 0.25) is 0 Å². The van der Waals surface area contributed by atoms with Crippen molar-refractivity contribution in [1.29, 1.82) is 0 Å². The van der Waals surface area contributed by atoms with Crippen LogP contribution in [0.3, 0.4) is 0 Å². The monoisotopic (exact) mass is 253 g/mol. The van der Waals surface area contributed by atoms with Gasteiger partial charge in [0.05, 0.1) is 6.10 Å². The molecule has 2 aliphatic rings. The molecule has 2 saturated carbocycles. The van der Waals surface area contributed by atoms with Gasteiger partial charge in [-0.25, -0.2) is 0 Å². The number of hydrogen-bond donors (Lipinski definition) is 1. The topological polar surface area (TPSA) is 52.3 Å². The number of primary amides is 1. The van der Waals surface area contributed by atoms with Crippen LogP contribution in [0, 0.1) is 17.8 Å². The second-order valence-electron chi connectivity index (χ2n) is 6.10. The summed E-state index contributed by atoms with van der Waals surface area (Å²) in [4.78, 5) is 11.8. The number of amides is 1. The third-order valence-electron chi connectivity index (χ3n) is 5.05. The summed E-state index contributed by atoms with van der Waals surface area (Å²) >= 11 is 0. The van der Waals surface area contributed by atoms with Crippen LogP contribution >= 0.6 is 0 Å². The fourth-order valence-corrected chi connectivity index (χ4v) is 4.03. The second kappa shape index (κ2) is 6.55. The van der Waals surface area contributed by atoms with Gasteiger partial charge in [-0.05, 0) is 50.4 Å². The molecule has 1 atom stereocenters. The average molecular weight is 253 g/mol. The van der Waals surface area contributed by atoms with E-state index in [0.717, 1.165) is 25.7 Å². The first-order chi connectivity index (χ1) is 8.72. The number of carbonyl (C=O) groups is 1. The predicted molar refractivity (Wildman–Crippen MR) is 72.0 cm³/mol. The molecule has 0 bridgehead atoms. The van der Waals surface area contributed by atoms with Crippen LogP contribution < -0.4 is 5.73 Å². The summed E-state index contributed by atoms with van der Waals surface area (Å²) in [6.07, 6.45) is 11.1. The van der Waals surface area contributed by atoms with Crippen molar-refractivity contribution < 1.29 is 9.53 Å². The molecule has 2 fully saturated rings. The highest BCUT2D eigenvalue weighted by Gasteiger charge is 2.36. The molecule has 3 heteroatoms. The Morgan fingerprint density at radius 3 is 2.06 bits per heavy atom. The lowest BCUT2D eigenvalue weighted by Crippen LogP contribution is -2.39. The normalized spacial score (nSPS) is 32.1. The Labute approximate surface area is 110 Å². The number of nitrogens with two attached hydrogens (primary N) is 1. The molecule has 0 aliphatic heterocycles. The maximum absolute atomic E-state index is 11.8. The molecule has 0 aromatic carbocycles. The van der Waals surface area contributed by atoms with E-state index in [4.69, 9.17) is 10.5 Å². The lowest BCUT2D eigenvalue weighted by molar-refractivity contribution is -0.127. The number of ether oxygens (including phenoxy) is 1. The Balaban J connectivity index is 1.95. The first-order valence-corrected chi connectivity index (χ1v) is 7.54. The van der Waals surface area contributed by atoms with Crippen molar-refractivity contribution in [1.82, 2.24) is 0 Å². The van der Waals surface area contributed by atoms with Crippen LogP contribution in [0.1, 0.15) is 57.8 Å². The zero-order valence-corrected chi connectivity index (χ0v) is 11.6. The van der Waals surface area contributed by atoms with Gasteiger partial charge in [0, 0.05) is 13.0 Å². The van der Waals surface area contributed by atoms with Gasteiger partial charge in [0.25, 0.3) is 0 Å². The lowest BCUT2D eigenvalue weighted by Gasteiger charge is -2.37. The van der Waals surface area contributed by atoms with Crippen molar-refractivity contribution in [3.63, 3.8) is 0 Å². The van der Waals surface area contributed by atoms with E-state index in [1.807, 2.05) is 0 Å². The van der Waals surface area contributed by atoms with E-state index < -0.39 is 0 Å². The smallest absolute Gasteiger partial charge is 0.221 e. The average Bonchev–Trinajstić information content (AvgIpc) is 2.40. The third kappa shape index (κ3) is 3.25. The minimum Gasteiger partial charge on any atom is -0.381 e. The zero-order valence-electron chi connectivity index (χ0n) is 11.6. The van der Waals surface area contributed by atoms with Crippen LogP contribution in [0.15, 0.2) is 0 Å². The summed E-state index contributed by atoms with van der Waals surface area (Å²) in [6.45, 7) is 0. The van der Waals surface area contributed by atoms with Crippen molar-refractivity contribution in [2.45, 2.75) is 63.9 Å². The van der Waals surface area contributed by atoms with Gasteiger partial charge in [0.2, 0.25) is 5.91 Å². The van der Waals surface area contributed by atoms with Crippen LogP contribution in [0.25, 0.3) is 0 Å². The quantitative estimate of drug-likeness (QED) is 0.837. The Kier molecular flexibility index (Phi) is 5.04. The maximum atomic E-state index is 11.8. The van der Waals surface area contributed by atoms with Gasteiger partial charge in [0.15, 0.2) is 0 Å². The molecule has 1 unspecified atom stereocenters. The molecule has 0 aromatic rings. The third-order valence-corrected chi connectivity index (χ3v) is 5.05. The minimum atomic E-state index is -0.0530. The number of carbonyl (C=O) groups excluding carboxylic acids is 1. The summed E-state index contributed by atoms with van der Waals surface area (Å²) in [5.41, 5.74) is 5.70. The SMILES string of the molecule is COC1CCC(C(C(N)=O)C2CCCCC2)CC1. The van der Waals surface area contributed by atoms with Gasteiger partial charge >= 0.3 is 0 Å². The molecule has 0 aromatic heterocycles. The molecular formula is C15H27NO2. The van der Waals surface area contributed by atoms with E-state index in [9.17, 15) is 4.79 Å². The zero-order chi connectivity index (χ0) is 13.0. The van der Waals surface area contributed by atoms with Crippen molar-refractivity contribution >= 4 is 5.91 Å². The fourth-order valence-electron chi connectivity index (χ4n) is 4.03. The largest absolute Gasteiger partial charge is 0.381 e. The maximum Gasteiger partial charge on any atom is 0.221 e. The van der Waals surface area contributed by atoms with Crippen molar-refractivity contribution in [2.24, 2.45) is 23.5 Å².